The zero-order valence-electron chi connectivity index (χ0n) is 12.0. The Hall–Kier alpha value is -2.68. The first kappa shape index (κ1) is 15.7. The normalized spacial score (nSPS) is 17.4. The van der Waals surface area contributed by atoms with Crippen molar-refractivity contribution in [2.24, 2.45) is 0 Å². The third kappa shape index (κ3) is 4.16. The smallest absolute Gasteiger partial charge is 0.338 e. The number of hydrogen-bond donors (Lipinski definition) is 1. The van der Waals surface area contributed by atoms with Gasteiger partial charge in [0.15, 0.2) is 11.9 Å². The van der Waals surface area contributed by atoms with E-state index in [2.05, 4.69) is 5.32 Å². The molecule has 1 saturated carbocycles. The summed E-state index contributed by atoms with van der Waals surface area (Å²) in [4.78, 5) is 34.9. The number of Topliss-reactive ketones (excluding diaryl/α,β-unsaturated/α-hetero) is 1. The fourth-order valence-corrected chi connectivity index (χ4v) is 2.24. The molecule has 114 valence electrons. The van der Waals surface area contributed by atoms with Crippen molar-refractivity contribution in [1.29, 1.82) is 5.26 Å². The molecule has 0 aromatic heterocycles. The van der Waals surface area contributed by atoms with Gasteiger partial charge in [0.25, 0.3) is 0 Å². The molecule has 0 spiro atoms. The van der Waals surface area contributed by atoms with Crippen LogP contribution in [-0.2, 0) is 14.3 Å². The van der Waals surface area contributed by atoms with Crippen LogP contribution in [0.2, 0.25) is 0 Å². The Morgan fingerprint density at radius 1 is 1.27 bits per heavy atom. The Kier molecular flexibility index (Phi) is 5.26. The first-order chi connectivity index (χ1) is 10.6. The zero-order chi connectivity index (χ0) is 15.9. The number of nitrogens with zero attached hydrogens (tertiary/aromatic N) is 1. The lowest BCUT2D eigenvalue weighted by Crippen LogP contribution is -2.30. The van der Waals surface area contributed by atoms with Gasteiger partial charge in [-0.3, -0.25) is 9.59 Å². The Bertz CT molecular complexity index is 616. The molecule has 0 bridgehead atoms. The molecule has 1 aliphatic rings. The van der Waals surface area contributed by atoms with Crippen molar-refractivity contribution < 1.29 is 19.1 Å². The van der Waals surface area contributed by atoms with E-state index in [1.165, 1.54) is 12.1 Å². The van der Waals surface area contributed by atoms with Gasteiger partial charge in [-0.25, -0.2) is 4.79 Å². The quantitative estimate of drug-likeness (QED) is 0.860. The Labute approximate surface area is 128 Å². The third-order valence-electron chi connectivity index (χ3n) is 3.39. The topological polar surface area (TPSA) is 96.3 Å². The van der Waals surface area contributed by atoms with Gasteiger partial charge < -0.3 is 10.1 Å². The van der Waals surface area contributed by atoms with Gasteiger partial charge in [0, 0.05) is 12.1 Å². The standard InChI is InChI=1S/C16H16N2O4/c17-10-9-15(20)18-12-7-5-11(6-8-12)16(21)22-14-4-2-1-3-13(14)19/h5-8,14H,1-4,9H2,(H,18,20)/t14-/m1/s1. The molecule has 0 radical (unpaired) electrons. The van der Waals surface area contributed by atoms with Crippen molar-refractivity contribution in [3.63, 3.8) is 0 Å². The summed E-state index contributed by atoms with van der Waals surface area (Å²) >= 11 is 0. The number of benzene rings is 1. The number of nitriles is 1. The molecule has 1 amide bonds. The number of nitrogens with one attached hydrogen (secondary N) is 1. The van der Waals surface area contributed by atoms with Crippen molar-refractivity contribution in [2.75, 3.05) is 5.32 Å². The average molecular weight is 300 g/mol. The van der Waals surface area contributed by atoms with Crippen molar-refractivity contribution in [3.05, 3.63) is 29.8 Å². The number of amides is 1. The van der Waals surface area contributed by atoms with E-state index < -0.39 is 18.0 Å². The number of carbonyl (C=O) groups is 3. The highest BCUT2D eigenvalue weighted by molar-refractivity contribution is 5.95. The molecule has 2 rings (SSSR count). The molecule has 6 nitrogen and oxygen atoms in total. The Morgan fingerprint density at radius 2 is 2.00 bits per heavy atom. The lowest BCUT2D eigenvalue weighted by atomic mass is 9.96. The lowest BCUT2D eigenvalue weighted by molar-refractivity contribution is -0.129. The van der Waals surface area contributed by atoms with E-state index in [4.69, 9.17) is 10.00 Å². The molecule has 0 aliphatic heterocycles. The molecule has 6 heteroatoms. The van der Waals surface area contributed by atoms with Gasteiger partial charge in [0.1, 0.15) is 6.42 Å². The second-order valence-electron chi connectivity index (χ2n) is 5.07. The molecule has 0 saturated heterocycles. The van der Waals surface area contributed by atoms with E-state index in [1.807, 2.05) is 0 Å². The second kappa shape index (κ2) is 7.36. The zero-order valence-corrected chi connectivity index (χ0v) is 12.0. The minimum atomic E-state index is -0.642. The summed E-state index contributed by atoms with van der Waals surface area (Å²) in [6, 6.07) is 7.87. The maximum absolute atomic E-state index is 12.0. The summed E-state index contributed by atoms with van der Waals surface area (Å²) in [6.07, 6.45) is 1.90. The van der Waals surface area contributed by atoms with Crippen molar-refractivity contribution in [3.8, 4) is 6.07 Å². The van der Waals surface area contributed by atoms with Gasteiger partial charge in [-0.2, -0.15) is 5.26 Å². The highest BCUT2D eigenvalue weighted by Gasteiger charge is 2.26. The Morgan fingerprint density at radius 3 is 2.64 bits per heavy atom. The lowest BCUT2D eigenvalue weighted by Gasteiger charge is -2.20. The summed E-state index contributed by atoms with van der Waals surface area (Å²) in [6.45, 7) is 0. The molecule has 1 aromatic carbocycles. The monoisotopic (exact) mass is 300 g/mol. The van der Waals surface area contributed by atoms with Crippen molar-refractivity contribution >= 4 is 23.3 Å². The summed E-state index contributed by atoms with van der Waals surface area (Å²) in [7, 11) is 0. The van der Waals surface area contributed by atoms with E-state index >= 15 is 0 Å². The first-order valence-electron chi connectivity index (χ1n) is 7.10. The number of ketones is 1. The average Bonchev–Trinajstić information content (AvgIpc) is 2.50. The summed E-state index contributed by atoms with van der Waals surface area (Å²) < 4.78 is 5.23. The first-order valence-corrected chi connectivity index (χ1v) is 7.10. The molecular weight excluding hydrogens is 284 g/mol. The number of carbonyl (C=O) groups excluding carboxylic acids is 3. The van der Waals surface area contributed by atoms with Crippen LogP contribution in [0.15, 0.2) is 24.3 Å². The summed E-state index contributed by atoms with van der Waals surface area (Å²) in [5.74, 6) is -0.985. The minimum Gasteiger partial charge on any atom is -0.451 e. The number of rotatable bonds is 4. The maximum atomic E-state index is 12.0. The van der Waals surface area contributed by atoms with Gasteiger partial charge in [0.2, 0.25) is 5.91 Å². The van der Waals surface area contributed by atoms with Crippen LogP contribution in [0.4, 0.5) is 5.69 Å². The SMILES string of the molecule is N#CCC(=O)Nc1ccc(C(=O)O[C@@H]2CCCCC2=O)cc1. The van der Waals surface area contributed by atoms with Crippen LogP contribution >= 0.6 is 0 Å². The summed E-state index contributed by atoms with van der Waals surface area (Å²) in [5, 5.41) is 10.9. The predicted molar refractivity (Wildman–Crippen MR) is 78.0 cm³/mol. The van der Waals surface area contributed by atoms with Gasteiger partial charge in [-0.15, -0.1) is 0 Å². The van der Waals surface area contributed by atoms with Gasteiger partial charge in [-0.1, -0.05) is 0 Å². The van der Waals surface area contributed by atoms with Crippen LogP contribution in [0.3, 0.4) is 0 Å². The number of hydrogen-bond acceptors (Lipinski definition) is 5. The fourth-order valence-electron chi connectivity index (χ4n) is 2.24. The fraction of sp³-hybridized carbons (Fsp3) is 0.375. The van der Waals surface area contributed by atoms with Crippen LogP contribution < -0.4 is 5.32 Å². The van der Waals surface area contributed by atoms with Crippen LogP contribution in [-0.4, -0.2) is 23.8 Å². The van der Waals surface area contributed by atoms with Gasteiger partial charge >= 0.3 is 5.97 Å². The highest BCUT2D eigenvalue weighted by atomic mass is 16.5. The van der Waals surface area contributed by atoms with E-state index in [-0.39, 0.29) is 12.2 Å². The predicted octanol–water partition coefficient (Wildman–Crippen LogP) is 2.21. The van der Waals surface area contributed by atoms with Crippen molar-refractivity contribution in [1.82, 2.24) is 0 Å². The molecular formula is C16H16N2O4. The second-order valence-corrected chi connectivity index (χ2v) is 5.07. The molecule has 1 N–H and O–H groups in total. The van der Waals surface area contributed by atoms with Gasteiger partial charge in [0.05, 0.1) is 11.6 Å². The van der Waals surface area contributed by atoms with E-state index in [1.54, 1.807) is 18.2 Å². The maximum Gasteiger partial charge on any atom is 0.338 e. The van der Waals surface area contributed by atoms with E-state index in [9.17, 15) is 14.4 Å². The van der Waals surface area contributed by atoms with Crippen LogP contribution in [0, 0.1) is 11.3 Å². The van der Waals surface area contributed by atoms with Crippen LogP contribution in [0.5, 0.6) is 0 Å². The van der Waals surface area contributed by atoms with E-state index in [0.29, 0.717) is 24.1 Å². The molecule has 1 atom stereocenters. The largest absolute Gasteiger partial charge is 0.451 e. The third-order valence-corrected chi connectivity index (χ3v) is 3.39. The molecule has 1 aromatic rings. The molecule has 0 unspecified atom stereocenters. The minimum absolute atomic E-state index is 0.0278. The number of esters is 1. The van der Waals surface area contributed by atoms with E-state index in [0.717, 1.165) is 12.8 Å². The number of ether oxygens (including phenoxy) is 1. The van der Waals surface area contributed by atoms with Crippen molar-refractivity contribution in [2.45, 2.75) is 38.2 Å². The van der Waals surface area contributed by atoms with Gasteiger partial charge in [-0.05, 0) is 43.5 Å². The highest BCUT2D eigenvalue weighted by Crippen LogP contribution is 2.19. The summed E-state index contributed by atoms with van der Waals surface area (Å²) in [5.41, 5.74) is 0.808. The van der Waals surface area contributed by atoms with Crippen LogP contribution in [0.1, 0.15) is 42.5 Å². The Balaban J connectivity index is 1.95. The molecule has 22 heavy (non-hydrogen) atoms. The van der Waals surface area contributed by atoms with Crippen LogP contribution in [0.25, 0.3) is 0 Å². The molecule has 1 aliphatic carbocycles. The molecule has 0 heterocycles. The molecule has 1 fully saturated rings. The number of anilines is 1.